The lowest BCUT2D eigenvalue weighted by Gasteiger charge is -2.04. The minimum Gasteiger partial charge on any atom is -0.468 e. The highest BCUT2D eigenvalue weighted by atomic mass is 31.1. The number of benzene rings is 1. The van der Waals surface area contributed by atoms with Crippen LogP contribution >= 0.6 is 25.5 Å². The molecule has 7 nitrogen and oxygen atoms in total. The lowest BCUT2D eigenvalue weighted by molar-refractivity contribution is -0.138. The molecule has 10 heteroatoms. The zero-order valence-electron chi connectivity index (χ0n) is 10.2. The van der Waals surface area contributed by atoms with Crippen LogP contribution in [0.4, 0.5) is 0 Å². The van der Waals surface area contributed by atoms with Crippen molar-refractivity contribution in [3.8, 4) is 5.75 Å². The first-order chi connectivity index (χ1) is 9.26. The zero-order chi connectivity index (χ0) is 13.9. The summed E-state index contributed by atoms with van der Waals surface area (Å²) in [6.45, 7) is -0.0312. The molecular weight excluding hydrogens is 305 g/mol. The summed E-state index contributed by atoms with van der Waals surface area (Å²) in [7, 11) is 3.17. The molecule has 2 atom stereocenters. The molecule has 2 unspecified atom stereocenters. The molecule has 2 rings (SSSR count). The molecule has 0 saturated heterocycles. The summed E-state index contributed by atoms with van der Waals surface area (Å²) < 4.78 is 13.2. The van der Waals surface area contributed by atoms with Crippen LogP contribution in [0.5, 0.6) is 5.75 Å². The lowest BCUT2D eigenvalue weighted by atomic mass is 10.3. The normalized spacial score (nSPS) is 10.2. The number of carbonyl (C=O) groups excluding carboxylic acids is 1. The summed E-state index contributed by atoms with van der Waals surface area (Å²) >= 11 is 0. The van der Waals surface area contributed by atoms with Gasteiger partial charge in [-0.2, -0.15) is 4.51 Å². The first-order valence-corrected chi connectivity index (χ1v) is 7.92. The van der Waals surface area contributed by atoms with Crippen molar-refractivity contribution in [3.05, 3.63) is 30.3 Å². The first kappa shape index (κ1) is 15.8. The van der Waals surface area contributed by atoms with Crippen molar-refractivity contribution in [2.24, 2.45) is 5.73 Å². The van der Waals surface area contributed by atoms with Crippen molar-refractivity contribution in [3.63, 3.8) is 0 Å². The van der Waals surface area contributed by atoms with Crippen molar-refractivity contribution >= 4 is 31.5 Å². The summed E-state index contributed by atoms with van der Waals surface area (Å²) in [5.41, 5.74) is 4.81. The third-order valence-corrected chi connectivity index (χ3v) is 4.46. The fraction of sp³-hybridized carbons (Fsp3) is 0.222. The van der Waals surface area contributed by atoms with Crippen LogP contribution in [0, 0.1) is 0 Å². The van der Waals surface area contributed by atoms with E-state index in [1.54, 1.807) is 4.26 Å². The Bertz CT molecular complexity index is 445. The van der Waals surface area contributed by atoms with Gasteiger partial charge in [0, 0.05) is 8.51 Å². The minimum atomic E-state index is -0.380. The number of ether oxygens (including phenoxy) is 1. The van der Waals surface area contributed by atoms with E-state index in [0.29, 0.717) is 17.0 Å². The molecule has 0 amide bonds. The number of hydrogen-bond donors (Lipinski definition) is 2. The monoisotopic (exact) mass is 320 g/mol. The number of nitrogens with zero attached hydrogens (tertiary/aromatic N) is 2. The van der Waals surface area contributed by atoms with Gasteiger partial charge in [0.2, 0.25) is 0 Å². The highest BCUT2D eigenvalue weighted by Gasteiger charge is 1.91. The minimum absolute atomic E-state index is 0.0312. The highest BCUT2D eigenvalue weighted by molar-refractivity contribution is 7.44. The zero-order valence-corrected chi connectivity index (χ0v) is 13.1. The van der Waals surface area contributed by atoms with Gasteiger partial charge in [-0.05, 0) is 12.1 Å². The molecule has 3 N–H and O–H groups in total. The Labute approximate surface area is 115 Å². The molecule has 0 spiro atoms. The largest absolute Gasteiger partial charge is 0.468 e. The van der Waals surface area contributed by atoms with Gasteiger partial charge in [-0.3, -0.25) is 4.79 Å². The fourth-order valence-electron chi connectivity index (χ4n) is 0.889. The summed E-state index contributed by atoms with van der Waals surface area (Å²) in [4.78, 5) is 15.4. The quantitative estimate of drug-likeness (QED) is 0.843. The molecule has 104 valence electrons. The number of esters is 1. The van der Waals surface area contributed by atoms with Crippen LogP contribution in [-0.2, 0) is 9.53 Å². The second kappa shape index (κ2) is 9.65. The molecule has 0 aliphatic heterocycles. The molecule has 0 aliphatic rings. The number of aromatic amines is 1. The van der Waals surface area contributed by atoms with Gasteiger partial charge in [0.1, 0.15) is 0 Å². The number of nitrogens with one attached hydrogen (secondary N) is 1. The van der Waals surface area contributed by atoms with Crippen LogP contribution in [0.3, 0.4) is 0 Å². The van der Waals surface area contributed by atoms with E-state index < -0.39 is 0 Å². The lowest BCUT2D eigenvalue weighted by Crippen LogP contribution is -2.14. The number of hydrogen-bond acceptors (Lipinski definition) is 5. The van der Waals surface area contributed by atoms with E-state index >= 15 is 0 Å². The molecule has 0 bridgehead atoms. The number of para-hydroxylation sites is 1. The number of H-pyrrole nitrogens is 1. The maximum atomic E-state index is 9.83. The van der Waals surface area contributed by atoms with Crippen molar-refractivity contribution < 1.29 is 14.4 Å². The Kier molecular flexibility index (Phi) is 8.03. The number of carbonyl (C=O) groups is 1. The van der Waals surface area contributed by atoms with Gasteiger partial charge >= 0.3 is 5.97 Å². The molecule has 0 saturated carbocycles. The molecule has 19 heavy (non-hydrogen) atoms. The average Bonchev–Trinajstić information content (AvgIpc) is 2.49. The highest BCUT2D eigenvalue weighted by Crippen LogP contribution is 2.16. The summed E-state index contributed by atoms with van der Waals surface area (Å²) in [5, 5.41) is 0. The van der Waals surface area contributed by atoms with Gasteiger partial charge < -0.3 is 19.8 Å². The van der Waals surface area contributed by atoms with Crippen LogP contribution in [-0.4, -0.2) is 32.9 Å². The second-order valence-electron chi connectivity index (χ2n) is 3.00. The van der Waals surface area contributed by atoms with Crippen LogP contribution < -0.4 is 10.6 Å². The third kappa shape index (κ3) is 7.04. The topological polar surface area (TPSA) is 95.2 Å². The summed E-state index contributed by atoms with van der Waals surface area (Å²) in [6.07, 6.45) is 0. The van der Waals surface area contributed by atoms with E-state index in [-0.39, 0.29) is 12.5 Å². The summed E-state index contributed by atoms with van der Waals surface area (Å²) in [6, 6.07) is 9.72. The van der Waals surface area contributed by atoms with E-state index in [9.17, 15) is 4.79 Å². The van der Waals surface area contributed by atoms with E-state index in [1.165, 1.54) is 7.11 Å². The Hall–Kier alpha value is -1.25. The number of nitrogens with two attached hydrogens (primary N) is 1. The molecule has 0 fully saturated rings. The van der Waals surface area contributed by atoms with Gasteiger partial charge in [0.25, 0.3) is 0 Å². The Morgan fingerprint density at radius 2 is 2.26 bits per heavy atom. The van der Waals surface area contributed by atoms with Crippen LogP contribution in [0.1, 0.15) is 0 Å². The van der Waals surface area contributed by atoms with E-state index in [4.69, 9.17) is 10.6 Å². The smallest absolute Gasteiger partial charge is 0.319 e. The summed E-state index contributed by atoms with van der Waals surface area (Å²) in [5.74, 6) is 0.472. The van der Waals surface area contributed by atoms with Gasteiger partial charge in [0.15, 0.2) is 14.3 Å². The van der Waals surface area contributed by atoms with Gasteiger partial charge in [-0.1, -0.05) is 18.2 Å². The van der Waals surface area contributed by atoms with E-state index in [0.717, 1.165) is 14.3 Å². The molecule has 2 aromatic rings. The maximum absolute atomic E-state index is 9.83. The number of rotatable bonds is 3. The van der Waals surface area contributed by atoms with Crippen LogP contribution in [0.25, 0.3) is 0 Å². The maximum Gasteiger partial charge on any atom is 0.319 e. The average molecular weight is 320 g/mol. The van der Waals surface area contributed by atoms with Gasteiger partial charge in [-0.15, -0.1) is 4.26 Å². The predicted molar refractivity (Wildman–Crippen MR) is 79.3 cm³/mol. The van der Waals surface area contributed by atoms with Crippen molar-refractivity contribution in [1.82, 2.24) is 13.3 Å². The van der Waals surface area contributed by atoms with E-state index in [1.807, 2.05) is 30.3 Å². The first-order valence-electron chi connectivity index (χ1n) is 5.22. The van der Waals surface area contributed by atoms with Gasteiger partial charge in [-0.25, -0.2) is 0 Å². The third-order valence-electron chi connectivity index (χ3n) is 1.71. The van der Waals surface area contributed by atoms with Crippen LogP contribution in [0.15, 0.2) is 30.3 Å². The Morgan fingerprint density at radius 1 is 1.53 bits per heavy atom. The van der Waals surface area contributed by atoms with Crippen molar-refractivity contribution in [1.29, 1.82) is 0 Å². The van der Waals surface area contributed by atoms with Gasteiger partial charge in [0.05, 0.1) is 22.2 Å². The molecule has 1 heterocycles. The molecule has 1 aromatic carbocycles. The predicted octanol–water partition coefficient (Wildman–Crippen LogP) is 1.94. The fourth-order valence-corrected chi connectivity index (χ4v) is 3.94. The van der Waals surface area contributed by atoms with Crippen molar-refractivity contribution in [2.75, 3.05) is 13.7 Å². The molecule has 0 aliphatic carbocycles. The van der Waals surface area contributed by atoms with E-state index in [2.05, 4.69) is 13.8 Å². The SMILES string of the molecule is COC(=O)CN.c1ccc(On2pn[pH][nH][pH]2)cc1. The molecule has 1 aromatic heterocycles. The van der Waals surface area contributed by atoms with Crippen LogP contribution in [0.2, 0.25) is 0 Å². The number of methoxy groups -OCH3 is 1. The Morgan fingerprint density at radius 3 is 2.74 bits per heavy atom. The number of aromatic nitrogens is 3. The molecule has 0 radical (unpaired) electrons. The van der Waals surface area contributed by atoms with Crippen molar-refractivity contribution in [2.45, 2.75) is 0 Å². The standard InChI is InChI=1S/C6H8N3OP3.C3H7NO2/c1-2-4-6(5-3-1)10-9-12-7-11-8-13-9;1-6-3(5)2-4/h1-5,7,11-12H;2,4H2,1H3. The molecular formula is C9H15N4O3P3. The second-order valence-corrected chi connectivity index (χ2v) is 6.57. The Balaban J connectivity index is 0.000000258.